The molecule has 2 heterocycles. The fraction of sp³-hybridized carbons (Fsp3) is 0.429. The molecular weight excluding hydrogens is 438 g/mol. The van der Waals surface area contributed by atoms with Gasteiger partial charge in [0.2, 0.25) is 15.9 Å². The normalized spacial score (nSPS) is 15.6. The van der Waals surface area contributed by atoms with E-state index in [1.807, 2.05) is 18.7 Å². The van der Waals surface area contributed by atoms with Crippen molar-refractivity contribution in [1.29, 1.82) is 0 Å². The number of piperazine rings is 1. The second kappa shape index (κ2) is 9.90. The van der Waals surface area contributed by atoms with E-state index in [1.165, 1.54) is 22.8 Å². The van der Waals surface area contributed by atoms with Gasteiger partial charge in [-0.15, -0.1) is 11.3 Å². The number of aryl methyl sites for hydroxylation is 1. The van der Waals surface area contributed by atoms with Crippen LogP contribution in [0.5, 0.6) is 0 Å². The number of nitrogens with zero attached hydrogens (tertiary/aromatic N) is 2. The van der Waals surface area contributed by atoms with Crippen LogP contribution < -0.4 is 5.32 Å². The van der Waals surface area contributed by atoms with Crippen LogP contribution in [0.1, 0.15) is 27.7 Å². The number of thiophene rings is 1. The fourth-order valence-electron chi connectivity index (χ4n) is 3.65. The van der Waals surface area contributed by atoms with Crippen LogP contribution in [-0.4, -0.2) is 69.3 Å². The molecule has 1 aliphatic rings. The highest BCUT2D eigenvalue weighted by Gasteiger charge is 2.29. The van der Waals surface area contributed by atoms with Gasteiger partial charge in [0.15, 0.2) is 0 Å². The van der Waals surface area contributed by atoms with E-state index in [4.69, 9.17) is 4.74 Å². The Morgan fingerprint density at radius 3 is 2.35 bits per heavy atom. The van der Waals surface area contributed by atoms with E-state index in [0.717, 1.165) is 10.4 Å². The van der Waals surface area contributed by atoms with Crippen molar-refractivity contribution in [3.63, 3.8) is 0 Å². The molecule has 0 spiro atoms. The number of nitrogens with one attached hydrogen (secondary N) is 1. The van der Waals surface area contributed by atoms with E-state index in [9.17, 15) is 18.0 Å². The predicted octanol–water partition coefficient (Wildman–Crippen LogP) is 2.35. The van der Waals surface area contributed by atoms with E-state index in [2.05, 4.69) is 5.32 Å². The molecular formula is C21H27N3O5S2. The zero-order valence-corrected chi connectivity index (χ0v) is 19.5. The van der Waals surface area contributed by atoms with Crippen LogP contribution in [0, 0.1) is 6.92 Å². The molecule has 3 rings (SSSR count). The minimum absolute atomic E-state index is 0.123. The number of carbonyl (C=O) groups is 2. The minimum Gasteiger partial charge on any atom is -0.465 e. The summed E-state index contributed by atoms with van der Waals surface area (Å²) < 4.78 is 31.8. The van der Waals surface area contributed by atoms with Crippen molar-refractivity contribution in [1.82, 2.24) is 9.21 Å². The average Bonchev–Trinajstić information content (AvgIpc) is 3.08. The Labute approximate surface area is 186 Å². The molecule has 0 aliphatic carbocycles. The maximum Gasteiger partial charge on any atom is 0.341 e. The molecule has 10 heteroatoms. The van der Waals surface area contributed by atoms with Crippen LogP contribution in [0.3, 0.4) is 0 Å². The van der Waals surface area contributed by atoms with Crippen LogP contribution in [0.25, 0.3) is 0 Å². The summed E-state index contributed by atoms with van der Waals surface area (Å²) in [6.45, 7) is 5.53. The number of benzene rings is 1. The van der Waals surface area contributed by atoms with E-state index in [1.54, 1.807) is 30.3 Å². The highest BCUT2D eigenvalue weighted by molar-refractivity contribution is 7.89. The van der Waals surface area contributed by atoms with Crippen molar-refractivity contribution in [3.8, 4) is 0 Å². The van der Waals surface area contributed by atoms with Crippen molar-refractivity contribution in [2.75, 3.05) is 45.2 Å². The lowest BCUT2D eigenvalue weighted by molar-refractivity contribution is -0.117. The molecule has 1 aromatic heterocycles. The Kier molecular flexibility index (Phi) is 7.47. The molecule has 1 amide bonds. The average molecular weight is 466 g/mol. The molecule has 0 bridgehead atoms. The fourth-order valence-corrected chi connectivity index (χ4v) is 6.24. The van der Waals surface area contributed by atoms with E-state index in [-0.39, 0.29) is 17.3 Å². The van der Waals surface area contributed by atoms with Gasteiger partial charge in [0.1, 0.15) is 5.00 Å². The number of amides is 1. The van der Waals surface area contributed by atoms with Crippen molar-refractivity contribution < 1.29 is 22.7 Å². The molecule has 0 saturated carbocycles. The first-order valence-corrected chi connectivity index (χ1v) is 12.3. The molecule has 1 aromatic carbocycles. The monoisotopic (exact) mass is 465 g/mol. The summed E-state index contributed by atoms with van der Waals surface area (Å²) in [5, 5.41) is 3.34. The highest BCUT2D eigenvalue weighted by Crippen LogP contribution is 2.34. The summed E-state index contributed by atoms with van der Waals surface area (Å²) in [4.78, 5) is 28.0. The van der Waals surface area contributed by atoms with Gasteiger partial charge in [0.05, 0.1) is 24.1 Å². The molecule has 1 aliphatic heterocycles. The standard InChI is InChI=1S/C21H27N3O5S2/c1-4-17-15(2)30-20(19(17)21(26)29-3)22-18(25)14-23-10-12-24(13-11-23)31(27,28)16-8-6-5-7-9-16/h5-9H,4,10-14H2,1-3H3,(H,22,25). The van der Waals surface area contributed by atoms with E-state index < -0.39 is 16.0 Å². The maximum absolute atomic E-state index is 12.7. The highest BCUT2D eigenvalue weighted by atomic mass is 32.2. The summed E-state index contributed by atoms with van der Waals surface area (Å²) in [6.07, 6.45) is 0.667. The molecule has 8 nitrogen and oxygen atoms in total. The van der Waals surface area contributed by atoms with Gasteiger partial charge in [-0.25, -0.2) is 13.2 Å². The SMILES string of the molecule is CCc1c(C)sc(NC(=O)CN2CCN(S(=O)(=O)c3ccccc3)CC2)c1C(=O)OC. The lowest BCUT2D eigenvalue weighted by Crippen LogP contribution is -2.50. The summed E-state index contributed by atoms with van der Waals surface area (Å²) >= 11 is 1.36. The summed E-state index contributed by atoms with van der Waals surface area (Å²) in [7, 11) is -2.21. The zero-order valence-electron chi connectivity index (χ0n) is 17.9. The van der Waals surface area contributed by atoms with Crippen LogP contribution in [0.4, 0.5) is 5.00 Å². The Morgan fingerprint density at radius 1 is 1.13 bits per heavy atom. The maximum atomic E-state index is 12.7. The third-order valence-electron chi connectivity index (χ3n) is 5.28. The quantitative estimate of drug-likeness (QED) is 0.631. The first-order valence-electron chi connectivity index (χ1n) is 10.1. The molecule has 1 fully saturated rings. The summed E-state index contributed by atoms with van der Waals surface area (Å²) in [6, 6.07) is 8.35. The second-order valence-electron chi connectivity index (χ2n) is 7.23. The lowest BCUT2D eigenvalue weighted by atomic mass is 10.1. The summed E-state index contributed by atoms with van der Waals surface area (Å²) in [5.41, 5.74) is 1.30. The van der Waals surface area contributed by atoms with Crippen molar-refractivity contribution in [3.05, 3.63) is 46.3 Å². The molecule has 168 valence electrons. The number of esters is 1. The number of methoxy groups -OCH3 is 1. The third-order valence-corrected chi connectivity index (χ3v) is 8.26. The van der Waals surface area contributed by atoms with Crippen LogP contribution >= 0.6 is 11.3 Å². The molecule has 2 aromatic rings. The topological polar surface area (TPSA) is 96.0 Å². The molecule has 0 radical (unpaired) electrons. The Balaban J connectivity index is 1.61. The minimum atomic E-state index is -3.53. The first kappa shape index (κ1) is 23.4. The third kappa shape index (κ3) is 5.15. The number of ether oxygens (including phenoxy) is 1. The predicted molar refractivity (Wildman–Crippen MR) is 120 cm³/mol. The van der Waals surface area contributed by atoms with Gasteiger partial charge in [-0.3, -0.25) is 9.69 Å². The number of rotatable bonds is 7. The Hall–Kier alpha value is -2.27. The number of sulfonamides is 1. The molecule has 1 saturated heterocycles. The van der Waals surface area contributed by atoms with Crippen LogP contribution in [0.2, 0.25) is 0 Å². The Morgan fingerprint density at radius 2 is 1.77 bits per heavy atom. The number of anilines is 1. The summed E-state index contributed by atoms with van der Waals surface area (Å²) in [5.74, 6) is -0.704. The number of hydrogen-bond donors (Lipinski definition) is 1. The van der Waals surface area contributed by atoms with Gasteiger partial charge < -0.3 is 10.1 Å². The van der Waals surface area contributed by atoms with Crippen LogP contribution in [0.15, 0.2) is 35.2 Å². The second-order valence-corrected chi connectivity index (χ2v) is 10.4. The lowest BCUT2D eigenvalue weighted by Gasteiger charge is -2.33. The van der Waals surface area contributed by atoms with E-state index >= 15 is 0 Å². The smallest absolute Gasteiger partial charge is 0.341 e. The molecule has 0 unspecified atom stereocenters. The van der Waals surface area contributed by atoms with Gasteiger partial charge in [-0.05, 0) is 31.0 Å². The zero-order chi connectivity index (χ0) is 22.6. The van der Waals surface area contributed by atoms with Crippen LogP contribution in [-0.2, 0) is 26.0 Å². The van der Waals surface area contributed by atoms with Gasteiger partial charge in [0.25, 0.3) is 0 Å². The van der Waals surface area contributed by atoms with Crippen molar-refractivity contribution in [2.24, 2.45) is 0 Å². The van der Waals surface area contributed by atoms with Gasteiger partial charge in [-0.2, -0.15) is 4.31 Å². The number of hydrogen-bond acceptors (Lipinski definition) is 7. The molecule has 0 atom stereocenters. The van der Waals surface area contributed by atoms with Crippen molar-refractivity contribution >= 4 is 38.2 Å². The largest absolute Gasteiger partial charge is 0.465 e. The van der Waals surface area contributed by atoms with Gasteiger partial charge >= 0.3 is 5.97 Å². The van der Waals surface area contributed by atoms with Gasteiger partial charge in [0, 0.05) is 31.1 Å². The number of carbonyl (C=O) groups excluding carboxylic acids is 2. The molecule has 1 N–H and O–H groups in total. The van der Waals surface area contributed by atoms with Gasteiger partial charge in [-0.1, -0.05) is 25.1 Å². The first-order chi connectivity index (χ1) is 14.8. The van der Waals surface area contributed by atoms with Crippen molar-refractivity contribution in [2.45, 2.75) is 25.2 Å². The Bertz CT molecular complexity index is 1040. The molecule has 31 heavy (non-hydrogen) atoms. The van der Waals surface area contributed by atoms with E-state index in [0.29, 0.717) is 43.2 Å².